The number of aliphatic hydroxyl groups excluding tert-OH is 1. The minimum Gasteiger partial charge on any atom is -0.454 e. The van der Waals surface area contributed by atoms with Gasteiger partial charge in [-0.25, -0.2) is 0 Å². The second-order valence-corrected chi connectivity index (χ2v) is 5.32. The quantitative estimate of drug-likeness (QED) is 0.805. The lowest BCUT2D eigenvalue weighted by atomic mass is 10.0. The largest absolute Gasteiger partial charge is 0.454 e. The van der Waals surface area contributed by atoms with Crippen molar-refractivity contribution in [3.63, 3.8) is 0 Å². The van der Waals surface area contributed by atoms with Crippen molar-refractivity contribution in [2.75, 3.05) is 18.2 Å². The van der Waals surface area contributed by atoms with Crippen LogP contribution < -0.4 is 14.4 Å². The SMILES string of the molecule is CC1(C)CC(O)CN1c1ccc2c(c1)OCO2. The molecule has 0 aliphatic carbocycles. The van der Waals surface area contributed by atoms with Gasteiger partial charge in [-0.05, 0) is 32.4 Å². The molecule has 1 aromatic rings. The molecule has 3 rings (SSSR count). The zero-order chi connectivity index (χ0) is 12.0. The molecule has 1 atom stereocenters. The van der Waals surface area contributed by atoms with E-state index in [1.54, 1.807) is 0 Å². The maximum absolute atomic E-state index is 9.79. The molecule has 0 aromatic heterocycles. The number of fused-ring (bicyclic) bond motifs is 1. The summed E-state index contributed by atoms with van der Waals surface area (Å²) in [5, 5.41) is 9.79. The van der Waals surface area contributed by atoms with Gasteiger partial charge in [-0.2, -0.15) is 0 Å². The molecule has 0 amide bonds. The molecule has 1 unspecified atom stereocenters. The van der Waals surface area contributed by atoms with Gasteiger partial charge in [-0.15, -0.1) is 0 Å². The van der Waals surface area contributed by atoms with Gasteiger partial charge in [0.2, 0.25) is 6.79 Å². The third-order valence-electron chi connectivity index (χ3n) is 3.53. The summed E-state index contributed by atoms with van der Waals surface area (Å²) >= 11 is 0. The Morgan fingerprint density at radius 2 is 2.06 bits per heavy atom. The van der Waals surface area contributed by atoms with Crippen LogP contribution in [0.5, 0.6) is 11.5 Å². The number of rotatable bonds is 1. The molecular formula is C13H17NO3. The van der Waals surface area contributed by atoms with Crippen LogP contribution in [0.4, 0.5) is 5.69 Å². The van der Waals surface area contributed by atoms with Gasteiger partial charge in [0.05, 0.1) is 6.10 Å². The topological polar surface area (TPSA) is 41.9 Å². The Kier molecular flexibility index (Phi) is 2.23. The minimum atomic E-state index is -0.254. The second-order valence-electron chi connectivity index (χ2n) is 5.32. The van der Waals surface area contributed by atoms with Crippen molar-refractivity contribution >= 4 is 5.69 Å². The first-order valence-electron chi connectivity index (χ1n) is 5.92. The first-order chi connectivity index (χ1) is 8.06. The molecule has 2 heterocycles. The lowest BCUT2D eigenvalue weighted by Gasteiger charge is -2.33. The van der Waals surface area contributed by atoms with Crippen molar-refractivity contribution in [1.29, 1.82) is 0 Å². The van der Waals surface area contributed by atoms with E-state index in [4.69, 9.17) is 9.47 Å². The molecule has 1 saturated heterocycles. The summed E-state index contributed by atoms with van der Waals surface area (Å²) in [4.78, 5) is 2.22. The van der Waals surface area contributed by atoms with Gasteiger partial charge in [-0.3, -0.25) is 0 Å². The summed E-state index contributed by atoms with van der Waals surface area (Å²) < 4.78 is 10.7. The summed E-state index contributed by atoms with van der Waals surface area (Å²) in [6.07, 6.45) is 0.539. The fraction of sp³-hybridized carbons (Fsp3) is 0.538. The maximum Gasteiger partial charge on any atom is 0.231 e. The molecule has 17 heavy (non-hydrogen) atoms. The molecule has 0 bridgehead atoms. The van der Waals surface area contributed by atoms with Crippen LogP contribution >= 0.6 is 0 Å². The molecular weight excluding hydrogens is 218 g/mol. The van der Waals surface area contributed by atoms with Crippen molar-refractivity contribution < 1.29 is 14.6 Å². The van der Waals surface area contributed by atoms with Crippen molar-refractivity contribution in [2.45, 2.75) is 31.9 Å². The zero-order valence-electron chi connectivity index (χ0n) is 10.1. The first kappa shape index (κ1) is 10.7. The second kappa shape index (κ2) is 3.53. The van der Waals surface area contributed by atoms with Crippen molar-refractivity contribution in [1.82, 2.24) is 0 Å². The van der Waals surface area contributed by atoms with E-state index in [0.717, 1.165) is 23.6 Å². The van der Waals surface area contributed by atoms with Gasteiger partial charge in [0.15, 0.2) is 11.5 Å². The normalized spacial score (nSPS) is 25.4. The number of β-amino-alcohol motifs (C(OH)–C–C–N with tert-alkyl or cyclic N) is 1. The van der Waals surface area contributed by atoms with E-state index >= 15 is 0 Å². The van der Waals surface area contributed by atoms with Crippen LogP contribution in [-0.4, -0.2) is 30.1 Å². The third kappa shape index (κ3) is 1.72. The average Bonchev–Trinajstić information content (AvgIpc) is 2.80. The highest BCUT2D eigenvalue weighted by Gasteiger charge is 2.37. The number of nitrogens with zero attached hydrogens (tertiary/aromatic N) is 1. The fourth-order valence-electron chi connectivity index (χ4n) is 2.72. The third-order valence-corrected chi connectivity index (χ3v) is 3.53. The molecule has 1 N–H and O–H groups in total. The monoisotopic (exact) mass is 235 g/mol. The Labute approximate surface area is 101 Å². The Bertz CT molecular complexity index is 444. The Morgan fingerprint density at radius 3 is 2.76 bits per heavy atom. The Balaban J connectivity index is 1.94. The van der Waals surface area contributed by atoms with Crippen LogP contribution in [0.2, 0.25) is 0 Å². The lowest BCUT2D eigenvalue weighted by Crippen LogP contribution is -2.38. The molecule has 1 aromatic carbocycles. The highest BCUT2D eigenvalue weighted by Crippen LogP contribution is 2.40. The predicted octanol–water partition coefficient (Wildman–Crippen LogP) is 1.76. The molecule has 1 fully saturated rings. The summed E-state index contributed by atoms with van der Waals surface area (Å²) in [6, 6.07) is 5.94. The summed E-state index contributed by atoms with van der Waals surface area (Å²) in [5.41, 5.74) is 1.06. The van der Waals surface area contributed by atoms with Crippen LogP contribution in [0.1, 0.15) is 20.3 Å². The lowest BCUT2D eigenvalue weighted by molar-refractivity contribution is 0.174. The smallest absolute Gasteiger partial charge is 0.231 e. The number of ether oxygens (including phenoxy) is 2. The number of benzene rings is 1. The molecule has 4 nitrogen and oxygen atoms in total. The predicted molar refractivity (Wildman–Crippen MR) is 64.6 cm³/mol. The van der Waals surface area contributed by atoms with Gasteiger partial charge in [-0.1, -0.05) is 0 Å². The van der Waals surface area contributed by atoms with E-state index in [9.17, 15) is 5.11 Å². The van der Waals surface area contributed by atoms with E-state index in [2.05, 4.69) is 18.7 Å². The standard InChI is InChI=1S/C13H17NO3/c1-13(2)6-10(15)7-14(13)9-3-4-11-12(5-9)17-8-16-11/h3-5,10,15H,6-8H2,1-2H3. The van der Waals surface area contributed by atoms with Crippen LogP contribution in [0.25, 0.3) is 0 Å². The minimum absolute atomic E-state index is 0.0207. The van der Waals surface area contributed by atoms with E-state index in [1.165, 1.54) is 0 Å². The summed E-state index contributed by atoms with van der Waals surface area (Å²) in [6.45, 7) is 5.26. The molecule has 4 heteroatoms. The zero-order valence-corrected chi connectivity index (χ0v) is 10.1. The molecule has 0 radical (unpaired) electrons. The molecule has 0 spiro atoms. The van der Waals surface area contributed by atoms with Gasteiger partial charge >= 0.3 is 0 Å². The van der Waals surface area contributed by atoms with Gasteiger partial charge in [0.25, 0.3) is 0 Å². The Hall–Kier alpha value is -1.42. The summed E-state index contributed by atoms with van der Waals surface area (Å²) in [5.74, 6) is 1.59. The van der Waals surface area contributed by atoms with Crippen molar-refractivity contribution in [3.8, 4) is 11.5 Å². The number of hydrogen-bond acceptors (Lipinski definition) is 4. The molecule has 2 aliphatic rings. The molecule has 92 valence electrons. The maximum atomic E-state index is 9.79. The van der Waals surface area contributed by atoms with Gasteiger partial charge in [0.1, 0.15) is 0 Å². The van der Waals surface area contributed by atoms with Crippen molar-refractivity contribution in [2.24, 2.45) is 0 Å². The van der Waals surface area contributed by atoms with Crippen LogP contribution in [0, 0.1) is 0 Å². The van der Waals surface area contributed by atoms with E-state index in [0.29, 0.717) is 13.3 Å². The fourth-order valence-corrected chi connectivity index (χ4v) is 2.72. The molecule has 2 aliphatic heterocycles. The molecule has 0 saturated carbocycles. The number of hydrogen-bond donors (Lipinski definition) is 1. The highest BCUT2D eigenvalue weighted by atomic mass is 16.7. The number of anilines is 1. The van der Waals surface area contributed by atoms with Crippen LogP contribution in [0.3, 0.4) is 0 Å². The van der Waals surface area contributed by atoms with Gasteiger partial charge < -0.3 is 19.5 Å². The van der Waals surface area contributed by atoms with E-state index in [1.807, 2.05) is 18.2 Å². The average molecular weight is 235 g/mol. The van der Waals surface area contributed by atoms with E-state index < -0.39 is 0 Å². The first-order valence-corrected chi connectivity index (χ1v) is 5.92. The summed E-state index contributed by atoms with van der Waals surface area (Å²) in [7, 11) is 0. The Morgan fingerprint density at radius 1 is 1.29 bits per heavy atom. The highest BCUT2D eigenvalue weighted by molar-refractivity contribution is 5.59. The van der Waals surface area contributed by atoms with E-state index in [-0.39, 0.29) is 11.6 Å². The number of aliphatic hydroxyl groups is 1. The van der Waals surface area contributed by atoms with Gasteiger partial charge in [0, 0.05) is 23.8 Å². The van der Waals surface area contributed by atoms with Crippen LogP contribution in [-0.2, 0) is 0 Å². The van der Waals surface area contributed by atoms with Crippen molar-refractivity contribution in [3.05, 3.63) is 18.2 Å². The van der Waals surface area contributed by atoms with Crippen LogP contribution in [0.15, 0.2) is 18.2 Å².